The molecule has 0 saturated carbocycles. The summed E-state index contributed by atoms with van der Waals surface area (Å²) in [7, 11) is 3.60. The van der Waals surface area contributed by atoms with Gasteiger partial charge in [-0.1, -0.05) is 25.1 Å². The Morgan fingerprint density at radius 1 is 1.14 bits per heavy atom. The summed E-state index contributed by atoms with van der Waals surface area (Å²) < 4.78 is 7.28. The van der Waals surface area contributed by atoms with Crippen LogP contribution in [0.2, 0.25) is 0 Å². The zero-order valence-electron chi connectivity index (χ0n) is 20.8. The van der Waals surface area contributed by atoms with Crippen molar-refractivity contribution >= 4 is 16.9 Å². The summed E-state index contributed by atoms with van der Waals surface area (Å²) in [6.45, 7) is 5.58. The third kappa shape index (κ3) is 4.38. The van der Waals surface area contributed by atoms with Gasteiger partial charge in [0.1, 0.15) is 5.75 Å². The largest absolute Gasteiger partial charge is 0.496 e. The van der Waals surface area contributed by atoms with Crippen molar-refractivity contribution < 1.29 is 9.53 Å². The number of aromatic nitrogens is 4. The highest BCUT2D eigenvalue weighted by molar-refractivity contribution is 5.94. The number of likely N-dealkylation sites (tertiary alicyclic amines) is 1. The van der Waals surface area contributed by atoms with Gasteiger partial charge < -0.3 is 9.64 Å². The minimum absolute atomic E-state index is 0.0183. The van der Waals surface area contributed by atoms with Crippen LogP contribution in [0.15, 0.2) is 54.7 Å². The average Bonchev–Trinajstić information content (AvgIpc) is 3.17. The molecule has 1 atom stereocenters. The predicted octanol–water partition coefficient (Wildman–Crippen LogP) is 4.47. The van der Waals surface area contributed by atoms with E-state index in [0.717, 1.165) is 58.8 Å². The van der Waals surface area contributed by atoms with Gasteiger partial charge in [-0.25, -0.2) is 4.98 Å². The summed E-state index contributed by atoms with van der Waals surface area (Å²) in [5.74, 6) is 0.861. The Morgan fingerprint density at radius 2 is 1.97 bits per heavy atom. The minimum atomic E-state index is -0.211. The van der Waals surface area contributed by atoms with Crippen LogP contribution in [0.5, 0.6) is 5.75 Å². The first-order valence-electron chi connectivity index (χ1n) is 12.0. The molecule has 4 heterocycles. The Bertz CT molecular complexity index is 1380. The first-order valence-corrected chi connectivity index (χ1v) is 12.0. The van der Waals surface area contributed by atoms with Crippen LogP contribution < -0.4 is 4.74 Å². The zero-order chi connectivity index (χ0) is 24.6. The second-order valence-electron chi connectivity index (χ2n) is 9.69. The second-order valence-corrected chi connectivity index (χ2v) is 9.69. The number of methoxy groups -OCH3 is 1. The van der Waals surface area contributed by atoms with Gasteiger partial charge in [0, 0.05) is 54.8 Å². The summed E-state index contributed by atoms with van der Waals surface area (Å²) in [6.07, 6.45) is 4.28. The molecule has 35 heavy (non-hydrogen) atoms. The molecule has 0 N–H and O–H groups in total. The highest BCUT2D eigenvalue weighted by atomic mass is 16.5. The van der Waals surface area contributed by atoms with Crippen LogP contribution in [0.3, 0.4) is 0 Å². The van der Waals surface area contributed by atoms with Gasteiger partial charge in [-0.15, -0.1) is 0 Å². The van der Waals surface area contributed by atoms with Gasteiger partial charge in [-0.2, -0.15) is 5.10 Å². The summed E-state index contributed by atoms with van der Waals surface area (Å²) >= 11 is 0. The van der Waals surface area contributed by atoms with Crippen molar-refractivity contribution in [3.63, 3.8) is 0 Å². The first-order chi connectivity index (χ1) is 16.9. The van der Waals surface area contributed by atoms with Crippen molar-refractivity contribution in [3.05, 3.63) is 82.9 Å². The van der Waals surface area contributed by atoms with Crippen LogP contribution in [0.4, 0.5) is 0 Å². The number of pyridine rings is 2. The van der Waals surface area contributed by atoms with E-state index in [9.17, 15) is 4.79 Å². The van der Waals surface area contributed by atoms with E-state index in [1.54, 1.807) is 13.3 Å². The van der Waals surface area contributed by atoms with Gasteiger partial charge in [0.05, 0.1) is 24.1 Å². The second kappa shape index (κ2) is 9.13. The Kier molecular flexibility index (Phi) is 6.01. The van der Waals surface area contributed by atoms with E-state index in [1.165, 1.54) is 0 Å². The standard InChI is InChI=1S/C28H31N5O2/c1-19-23-12-13-25(30-26(23)32(3)31-19)28(2)14-7-15-33(18-28)27(34)21-10-11-22(29-17-21)16-20-8-5-6-9-24(20)35-4/h5-6,8-13,17H,7,14-16,18H2,1-4H3/t28-/m1/s1. The van der Waals surface area contributed by atoms with Crippen LogP contribution in [0.1, 0.15) is 52.8 Å². The molecule has 0 unspecified atom stereocenters. The van der Waals surface area contributed by atoms with Crippen molar-refractivity contribution in [2.24, 2.45) is 7.05 Å². The number of nitrogens with zero attached hydrogens (tertiary/aromatic N) is 5. The monoisotopic (exact) mass is 469 g/mol. The maximum atomic E-state index is 13.4. The molecule has 0 radical (unpaired) electrons. The van der Waals surface area contributed by atoms with E-state index >= 15 is 0 Å². The number of hydrogen-bond donors (Lipinski definition) is 0. The van der Waals surface area contributed by atoms with Crippen molar-refractivity contribution in [2.75, 3.05) is 20.2 Å². The Morgan fingerprint density at radius 3 is 2.74 bits per heavy atom. The van der Waals surface area contributed by atoms with Crippen LogP contribution in [-0.4, -0.2) is 50.8 Å². The fraction of sp³-hybridized carbons (Fsp3) is 0.357. The molecule has 180 valence electrons. The lowest BCUT2D eigenvalue weighted by Gasteiger charge is -2.40. The highest BCUT2D eigenvalue weighted by Crippen LogP contribution is 2.34. The predicted molar refractivity (Wildman–Crippen MR) is 136 cm³/mol. The molecule has 3 aromatic heterocycles. The van der Waals surface area contributed by atoms with Crippen LogP contribution in [0.25, 0.3) is 11.0 Å². The van der Waals surface area contributed by atoms with E-state index in [-0.39, 0.29) is 11.3 Å². The number of piperidine rings is 1. The number of para-hydroxylation sites is 1. The minimum Gasteiger partial charge on any atom is -0.496 e. The Hall–Kier alpha value is -3.74. The fourth-order valence-corrected chi connectivity index (χ4v) is 5.14. The molecule has 0 aliphatic carbocycles. The third-order valence-corrected chi connectivity index (χ3v) is 7.11. The number of fused-ring (bicyclic) bond motifs is 1. The topological polar surface area (TPSA) is 73.1 Å². The lowest BCUT2D eigenvalue weighted by molar-refractivity contribution is 0.0647. The van der Waals surface area contributed by atoms with Crippen molar-refractivity contribution in [1.29, 1.82) is 0 Å². The van der Waals surface area contributed by atoms with E-state index in [2.05, 4.69) is 29.1 Å². The molecular weight excluding hydrogens is 438 g/mol. The smallest absolute Gasteiger partial charge is 0.255 e. The molecule has 1 aliphatic rings. The average molecular weight is 470 g/mol. The van der Waals surface area contributed by atoms with E-state index in [4.69, 9.17) is 9.72 Å². The maximum Gasteiger partial charge on any atom is 0.255 e. The van der Waals surface area contributed by atoms with E-state index in [1.807, 2.05) is 60.0 Å². The SMILES string of the molecule is COc1ccccc1Cc1ccc(C(=O)N2CCC[C@@](C)(c3ccc4c(C)nn(C)c4n3)C2)cn1. The number of carbonyl (C=O) groups is 1. The maximum absolute atomic E-state index is 13.4. The number of amides is 1. The van der Waals surface area contributed by atoms with Gasteiger partial charge in [0.2, 0.25) is 0 Å². The Labute approximate surface area is 205 Å². The zero-order valence-corrected chi connectivity index (χ0v) is 20.8. The number of carbonyl (C=O) groups excluding carboxylic acids is 1. The first kappa shape index (κ1) is 23.0. The van der Waals surface area contributed by atoms with Crippen molar-refractivity contribution in [3.8, 4) is 5.75 Å². The number of benzene rings is 1. The molecule has 4 aromatic rings. The van der Waals surface area contributed by atoms with E-state index < -0.39 is 0 Å². The molecule has 0 bridgehead atoms. The summed E-state index contributed by atoms with van der Waals surface area (Å²) in [6, 6.07) is 15.9. The quantitative estimate of drug-likeness (QED) is 0.431. The molecule has 1 amide bonds. The van der Waals surface area contributed by atoms with Crippen LogP contribution in [0, 0.1) is 6.92 Å². The molecule has 7 nitrogen and oxygen atoms in total. The molecule has 1 fully saturated rings. The number of hydrogen-bond acceptors (Lipinski definition) is 5. The van der Waals surface area contributed by atoms with Gasteiger partial charge >= 0.3 is 0 Å². The molecule has 7 heteroatoms. The normalized spacial score (nSPS) is 18.1. The molecule has 1 aromatic carbocycles. The Balaban J connectivity index is 1.33. The van der Waals surface area contributed by atoms with Gasteiger partial charge in [0.15, 0.2) is 5.65 Å². The summed E-state index contributed by atoms with van der Waals surface area (Å²) in [5.41, 5.74) is 5.25. The van der Waals surface area contributed by atoms with Crippen molar-refractivity contribution in [1.82, 2.24) is 24.6 Å². The van der Waals surface area contributed by atoms with Crippen molar-refractivity contribution in [2.45, 2.75) is 38.5 Å². The molecular formula is C28H31N5O2. The van der Waals surface area contributed by atoms with Gasteiger partial charge in [0.25, 0.3) is 5.91 Å². The lowest BCUT2D eigenvalue weighted by atomic mass is 9.78. The molecule has 5 rings (SSSR count). The van der Waals surface area contributed by atoms with Crippen LogP contribution in [-0.2, 0) is 18.9 Å². The van der Waals surface area contributed by atoms with Gasteiger partial charge in [-0.3, -0.25) is 14.5 Å². The number of aryl methyl sites for hydroxylation is 2. The lowest BCUT2D eigenvalue weighted by Crippen LogP contribution is -2.47. The fourth-order valence-electron chi connectivity index (χ4n) is 5.14. The summed E-state index contributed by atoms with van der Waals surface area (Å²) in [5, 5.41) is 5.57. The number of rotatable bonds is 5. The summed E-state index contributed by atoms with van der Waals surface area (Å²) in [4.78, 5) is 24.9. The number of ether oxygens (including phenoxy) is 1. The molecule has 1 aliphatic heterocycles. The van der Waals surface area contributed by atoms with E-state index in [0.29, 0.717) is 18.5 Å². The highest BCUT2D eigenvalue weighted by Gasteiger charge is 2.36. The molecule has 0 spiro atoms. The molecule has 1 saturated heterocycles. The van der Waals surface area contributed by atoms with Gasteiger partial charge in [-0.05, 0) is 50.1 Å². The third-order valence-electron chi connectivity index (χ3n) is 7.11. The van der Waals surface area contributed by atoms with Crippen LogP contribution >= 0.6 is 0 Å².